The molecule has 0 radical (unpaired) electrons. The summed E-state index contributed by atoms with van der Waals surface area (Å²) in [6, 6.07) is 0.947. The van der Waals surface area contributed by atoms with Gasteiger partial charge in [-0.1, -0.05) is 0 Å². The molecule has 0 saturated carbocycles. The van der Waals surface area contributed by atoms with Crippen LogP contribution >= 0.6 is 0 Å². The average molecular weight is 366 g/mol. The third-order valence-corrected chi connectivity index (χ3v) is 4.05. The van der Waals surface area contributed by atoms with Gasteiger partial charge < -0.3 is 9.64 Å². The number of rotatable bonds is 4. The Kier molecular flexibility index (Phi) is 4.43. The third-order valence-electron chi connectivity index (χ3n) is 4.05. The number of hydrogen-bond donors (Lipinski definition) is 0. The van der Waals surface area contributed by atoms with Gasteiger partial charge in [-0.2, -0.15) is 27.8 Å². The van der Waals surface area contributed by atoms with Gasteiger partial charge in [0.2, 0.25) is 0 Å². The highest BCUT2D eigenvalue weighted by Gasteiger charge is 2.34. The molecule has 0 aliphatic heterocycles. The number of anilines is 1. The molecule has 0 atom stereocenters. The number of pyridine rings is 1. The number of methoxy groups -OCH3 is 1. The molecule has 138 valence electrons. The summed E-state index contributed by atoms with van der Waals surface area (Å²) in [6.45, 7) is 4.00. The van der Waals surface area contributed by atoms with E-state index in [1.54, 1.807) is 25.3 Å². The van der Waals surface area contributed by atoms with Crippen molar-refractivity contribution < 1.29 is 17.9 Å². The van der Waals surface area contributed by atoms with Gasteiger partial charge in [-0.05, 0) is 13.8 Å². The molecule has 0 unspecified atom stereocenters. The van der Waals surface area contributed by atoms with Gasteiger partial charge in [0.25, 0.3) is 5.78 Å². The number of nitrogens with zero attached hydrogens (tertiary/aromatic N) is 6. The first-order chi connectivity index (χ1) is 12.2. The Hall–Kier alpha value is -2.91. The smallest absolute Gasteiger partial charge is 0.433 e. The lowest BCUT2D eigenvalue weighted by molar-refractivity contribution is -0.141. The molecule has 3 aromatic rings. The highest BCUT2D eigenvalue weighted by atomic mass is 19.4. The van der Waals surface area contributed by atoms with Gasteiger partial charge >= 0.3 is 6.18 Å². The molecular formula is C16H17F3N6O. The summed E-state index contributed by atoms with van der Waals surface area (Å²) in [7, 11) is 3.23. The average Bonchev–Trinajstić information content (AvgIpc) is 3.04. The molecular weight excluding hydrogens is 349 g/mol. The minimum Gasteiger partial charge on any atom is -0.496 e. The normalized spacial score (nSPS) is 11.8. The summed E-state index contributed by atoms with van der Waals surface area (Å²) in [5.74, 6) is 0.799. The second-order valence-corrected chi connectivity index (χ2v) is 5.87. The Labute approximate surface area is 147 Å². The van der Waals surface area contributed by atoms with Crippen molar-refractivity contribution in [1.82, 2.24) is 24.6 Å². The quantitative estimate of drug-likeness (QED) is 0.707. The Morgan fingerprint density at radius 2 is 1.96 bits per heavy atom. The van der Waals surface area contributed by atoms with E-state index in [2.05, 4.69) is 20.1 Å². The zero-order valence-electron chi connectivity index (χ0n) is 14.7. The largest absolute Gasteiger partial charge is 0.496 e. The lowest BCUT2D eigenvalue weighted by Gasteiger charge is -2.22. The van der Waals surface area contributed by atoms with Crippen molar-refractivity contribution in [2.45, 2.75) is 26.6 Å². The van der Waals surface area contributed by atoms with E-state index in [0.717, 1.165) is 23.5 Å². The van der Waals surface area contributed by atoms with Crippen LogP contribution in [-0.2, 0) is 12.7 Å². The van der Waals surface area contributed by atoms with E-state index in [4.69, 9.17) is 4.74 Å². The summed E-state index contributed by atoms with van der Waals surface area (Å²) in [6.07, 6.45) is -1.74. The number of aromatic nitrogens is 5. The number of aryl methyl sites for hydroxylation is 1. The van der Waals surface area contributed by atoms with E-state index in [-0.39, 0.29) is 18.1 Å². The van der Waals surface area contributed by atoms with E-state index < -0.39 is 11.9 Å². The Morgan fingerprint density at radius 1 is 1.23 bits per heavy atom. The summed E-state index contributed by atoms with van der Waals surface area (Å²) >= 11 is 0. The predicted molar refractivity (Wildman–Crippen MR) is 88.2 cm³/mol. The lowest BCUT2D eigenvalue weighted by atomic mass is 10.1. The summed E-state index contributed by atoms with van der Waals surface area (Å²) in [5, 5.41) is 3.96. The van der Waals surface area contributed by atoms with Crippen molar-refractivity contribution >= 4 is 11.6 Å². The van der Waals surface area contributed by atoms with Gasteiger partial charge in [0.1, 0.15) is 17.9 Å². The minimum absolute atomic E-state index is 0.118. The van der Waals surface area contributed by atoms with E-state index in [1.165, 1.54) is 4.52 Å². The Balaban J connectivity index is 2.03. The summed E-state index contributed by atoms with van der Waals surface area (Å²) < 4.78 is 46.0. The summed E-state index contributed by atoms with van der Waals surface area (Å²) in [4.78, 5) is 13.3. The van der Waals surface area contributed by atoms with Gasteiger partial charge in [-0.15, -0.1) is 0 Å². The zero-order chi connectivity index (χ0) is 19.1. The van der Waals surface area contributed by atoms with Crippen LogP contribution in [0.25, 0.3) is 5.78 Å². The number of fused-ring (bicyclic) bond motifs is 1. The maximum atomic E-state index is 13.1. The van der Waals surface area contributed by atoms with Crippen LogP contribution in [0.4, 0.5) is 19.0 Å². The van der Waals surface area contributed by atoms with Crippen LogP contribution in [0.3, 0.4) is 0 Å². The molecule has 0 N–H and O–H groups in total. The molecule has 0 spiro atoms. The number of hydrogen-bond acceptors (Lipinski definition) is 6. The minimum atomic E-state index is -4.58. The molecule has 0 bridgehead atoms. The highest BCUT2D eigenvalue weighted by molar-refractivity contribution is 5.49. The van der Waals surface area contributed by atoms with Crippen molar-refractivity contribution in [3.63, 3.8) is 0 Å². The van der Waals surface area contributed by atoms with Gasteiger partial charge in [-0.25, -0.2) is 4.98 Å². The maximum Gasteiger partial charge on any atom is 0.433 e. The fourth-order valence-corrected chi connectivity index (χ4v) is 2.75. The number of alkyl halides is 3. The predicted octanol–water partition coefficient (Wildman–Crippen LogP) is 2.80. The number of halogens is 3. The Morgan fingerprint density at radius 3 is 2.62 bits per heavy atom. The van der Waals surface area contributed by atoms with E-state index in [1.807, 2.05) is 13.8 Å². The van der Waals surface area contributed by atoms with Crippen molar-refractivity contribution in [3.05, 3.63) is 41.1 Å². The van der Waals surface area contributed by atoms with Crippen LogP contribution < -0.4 is 9.64 Å². The first kappa shape index (κ1) is 17.9. The van der Waals surface area contributed by atoms with Gasteiger partial charge in [-0.3, -0.25) is 4.98 Å². The van der Waals surface area contributed by atoms with Crippen LogP contribution in [0.2, 0.25) is 0 Å². The fourth-order valence-electron chi connectivity index (χ4n) is 2.75. The molecule has 3 aromatic heterocycles. The summed E-state index contributed by atoms with van der Waals surface area (Å²) in [5.41, 5.74) is 1.39. The van der Waals surface area contributed by atoms with Crippen LogP contribution in [0.1, 0.15) is 22.5 Å². The van der Waals surface area contributed by atoms with Crippen molar-refractivity contribution in [3.8, 4) is 5.75 Å². The lowest BCUT2D eigenvalue weighted by Crippen LogP contribution is -2.23. The molecule has 0 fully saturated rings. The molecule has 3 heterocycles. The SMILES string of the molecule is COc1c(C)cnc(CN(C)c2cc(C(F)(F)F)nc3ncnn23)c1C. The zero-order valence-corrected chi connectivity index (χ0v) is 14.7. The van der Waals surface area contributed by atoms with Crippen molar-refractivity contribution in [1.29, 1.82) is 0 Å². The Bertz CT molecular complexity index is 953. The molecule has 0 amide bonds. The molecule has 10 heteroatoms. The van der Waals surface area contributed by atoms with Crippen LogP contribution in [0.15, 0.2) is 18.6 Å². The molecule has 0 aliphatic carbocycles. The molecule has 3 rings (SSSR count). The third kappa shape index (κ3) is 3.14. The first-order valence-electron chi connectivity index (χ1n) is 7.70. The van der Waals surface area contributed by atoms with Gasteiger partial charge in [0.05, 0.1) is 19.3 Å². The first-order valence-corrected chi connectivity index (χ1v) is 7.70. The van der Waals surface area contributed by atoms with Gasteiger partial charge in [0, 0.05) is 30.4 Å². The van der Waals surface area contributed by atoms with Crippen LogP contribution in [0.5, 0.6) is 5.75 Å². The molecule has 0 aromatic carbocycles. The standard InChI is InChI=1S/C16H17F3N6O/c1-9-6-20-11(10(2)14(9)26-4)7-24(3)13-5-12(16(17,18)19)23-15-21-8-22-25(13)15/h5-6,8H,7H2,1-4H3. The maximum absolute atomic E-state index is 13.1. The molecule has 0 aliphatic rings. The van der Waals surface area contributed by atoms with Crippen LogP contribution in [-0.4, -0.2) is 38.7 Å². The van der Waals surface area contributed by atoms with E-state index in [9.17, 15) is 13.2 Å². The molecule has 26 heavy (non-hydrogen) atoms. The fraction of sp³-hybridized carbons (Fsp3) is 0.375. The topological polar surface area (TPSA) is 68.4 Å². The monoisotopic (exact) mass is 366 g/mol. The van der Waals surface area contributed by atoms with Crippen LogP contribution in [0, 0.1) is 13.8 Å². The molecule has 7 nitrogen and oxygen atoms in total. The number of ether oxygens (including phenoxy) is 1. The van der Waals surface area contributed by atoms with E-state index in [0.29, 0.717) is 11.4 Å². The second kappa shape index (κ2) is 6.43. The molecule has 0 saturated heterocycles. The van der Waals surface area contributed by atoms with Crippen molar-refractivity contribution in [2.24, 2.45) is 0 Å². The van der Waals surface area contributed by atoms with E-state index >= 15 is 0 Å². The van der Waals surface area contributed by atoms with Crippen molar-refractivity contribution in [2.75, 3.05) is 19.1 Å². The van der Waals surface area contributed by atoms with Gasteiger partial charge in [0.15, 0.2) is 5.69 Å². The highest BCUT2D eigenvalue weighted by Crippen LogP contribution is 2.31. The second-order valence-electron chi connectivity index (χ2n) is 5.87.